The predicted molar refractivity (Wildman–Crippen MR) is 70.6 cm³/mol. The van der Waals surface area contributed by atoms with Crippen molar-refractivity contribution < 1.29 is 18.9 Å². The van der Waals surface area contributed by atoms with E-state index in [2.05, 4.69) is 0 Å². The molecule has 1 unspecified atom stereocenters. The smallest absolute Gasteiger partial charge is 0.564 e. The molecule has 2 rings (SSSR count). The number of fused-ring (bicyclic) bond motifs is 1. The van der Waals surface area contributed by atoms with E-state index in [0.717, 1.165) is 5.82 Å². The highest BCUT2D eigenvalue weighted by molar-refractivity contribution is 6.82. The maximum absolute atomic E-state index is 12.0. The highest BCUT2D eigenvalue weighted by atomic mass is 16.7. The lowest BCUT2D eigenvalue weighted by atomic mass is 9.31. The third kappa shape index (κ3) is 1.49. The van der Waals surface area contributed by atoms with E-state index in [4.69, 9.17) is 9.31 Å². The first-order valence-corrected chi connectivity index (χ1v) is 6.02. The van der Waals surface area contributed by atoms with Gasteiger partial charge in [-0.3, -0.25) is 9.59 Å². The Bertz CT molecular complexity index is 396. The first-order chi connectivity index (χ1) is 7.54. The summed E-state index contributed by atoms with van der Waals surface area (Å²) in [6, 6.07) is 0. The lowest BCUT2D eigenvalue weighted by Gasteiger charge is -2.37. The molecule has 18 heavy (non-hydrogen) atoms. The minimum Gasteiger partial charge on any atom is -0.613 e. The molecule has 0 spiro atoms. The topological polar surface area (TPSA) is 52.6 Å². The van der Waals surface area contributed by atoms with E-state index in [1.807, 2.05) is 20.8 Å². The van der Waals surface area contributed by atoms with Crippen molar-refractivity contribution in [3.63, 3.8) is 0 Å². The van der Waals surface area contributed by atoms with Crippen LogP contribution in [0.1, 0.15) is 49.0 Å². The van der Waals surface area contributed by atoms with Gasteiger partial charge in [0.2, 0.25) is 0 Å². The van der Waals surface area contributed by atoms with Crippen LogP contribution in [0.3, 0.4) is 0 Å². The number of rotatable bonds is 0. The summed E-state index contributed by atoms with van der Waals surface area (Å²) in [6.07, 6.45) is 0. The molecule has 2 aliphatic heterocycles. The number of hydrogen-bond donors (Lipinski definition) is 0. The molecule has 2 heterocycles. The van der Waals surface area contributed by atoms with Gasteiger partial charge in [-0.1, -0.05) is 28.2 Å². The van der Waals surface area contributed by atoms with Crippen LogP contribution in [-0.2, 0) is 18.9 Å². The maximum atomic E-state index is 12.0. The number of hydrogen-bond acceptors (Lipinski definition) is 4. The van der Waals surface area contributed by atoms with Gasteiger partial charge in [0.1, 0.15) is 0 Å². The summed E-state index contributed by atoms with van der Waals surface area (Å²) in [4.78, 5) is 23.8. The van der Waals surface area contributed by atoms with Crippen molar-refractivity contribution in [1.82, 2.24) is 0 Å². The van der Waals surface area contributed by atoms with E-state index in [1.165, 1.54) is 0 Å². The van der Waals surface area contributed by atoms with E-state index >= 15 is 0 Å². The second kappa shape index (κ2) is 3.68. The van der Waals surface area contributed by atoms with Crippen LogP contribution >= 0.6 is 0 Å². The van der Waals surface area contributed by atoms with Gasteiger partial charge in [-0.2, -0.15) is 0 Å². The summed E-state index contributed by atoms with van der Waals surface area (Å²) in [6.45, 7) is 9.25. The minimum absolute atomic E-state index is 0. The minimum atomic E-state index is -1.96. The van der Waals surface area contributed by atoms with Crippen LogP contribution < -0.4 is 0 Å². The Hall–Kier alpha value is -1.13. The lowest BCUT2D eigenvalue weighted by Crippen LogP contribution is -2.50. The summed E-state index contributed by atoms with van der Waals surface area (Å²) in [5.74, 6) is -0.118. The van der Waals surface area contributed by atoms with E-state index in [9.17, 15) is 9.59 Å². The molecule has 102 valence electrons. The molecule has 4 nitrogen and oxygen atoms in total. The Morgan fingerprint density at radius 1 is 1.22 bits per heavy atom. The Morgan fingerprint density at radius 2 is 1.72 bits per heavy atom. The third-order valence-electron chi connectivity index (χ3n) is 4.16. The number of carbonyl (C=O) groups is 2. The van der Waals surface area contributed by atoms with Crippen LogP contribution in [0.15, 0.2) is 0 Å². The van der Waals surface area contributed by atoms with Gasteiger partial charge in [0.25, 0.3) is 0 Å². The van der Waals surface area contributed by atoms with Gasteiger partial charge in [0.15, 0.2) is 11.3 Å². The molecule has 5 heteroatoms. The van der Waals surface area contributed by atoms with E-state index in [1.54, 1.807) is 20.8 Å². The van der Waals surface area contributed by atoms with Crippen molar-refractivity contribution >= 4 is 18.5 Å². The molecule has 0 amide bonds. The van der Waals surface area contributed by atoms with Gasteiger partial charge in [-0.25, -0.2) is 0 Å². The fraction of sp³-hybridized carbons (Fsp3) is 0.769. The van der Waals surface area contributed by atoms with Crippen LogP contribution in [0.2, 0.25) is 5.31 Å². The normalized spacial score (nSPS) is 33.7. The summed E-state index contributed by atoms with van der Waals surface area (Å²) < 4.78 is 11.0. The zero-order valence-corrected chi connectivity index (χ0v) is 11.3. The van der Waals surface area contributed by atoms with Crippen molar-refractivity contribution in [2.45, 2.75) is 54.3 Å². The molecule has 0 N–H and O–H groups in total. The summed E-state index contributed by atoms with van der Waals surface area (Å²) in [5, 5.41) is -0.404. The molecule has 2 atom stereocenters. The SMILES string of the molecule is C.C[C@H]1C(=O)O[B-]2(C(C)(C)C)OC(=O)C(C)(C)[C+]12. The lowest BCUT2D eigenvalue weighted by molar-refractivity contribution is -0.146. The van der Waals surface area contributed by atoms with Crippen molar-refractivity contribution in [2.24, 2.45) is 11.3 Å². The van der Waals surface area contributed by atoms with Crippen molar-refractivity contribution in [3.8, 4) is 0 Å². The zero-order chi connectivity index (χ0) is 13.2. The summed E-state index contributed by atoms with van der Waals surface area (Å²) in [5.41, 5.74) is -0.737. The van der Waals surface area contributed by atoms with Gasteiger partial charge in [0.05, 0.1) is 0 Å². The average Bonchev–Trinajstić information content (AvgIpc) is 2.48. The van der Waals surface area contributed by atoms with E-state index in [0.29, 0.717) is 0 Å². The zero-order valence-electron chi connectivity index (χ0n) is 11.3. The highest BCUT2D eigenvalue weighted by Gasteiger charge is 2.79. The molecule has 0 saturated carbocycles. The quantitative estimate of drug-likeness (QED) is 0.492. The first-order valence-electron chi connectivity index (χ1n) is 6.02. The van der Waals surface area contributed by atoms with Crippen LogP contribution in [0.25, 0.3) is 0 Å². The molecule has 0 aromatic rings. The molecule has 0 aliphatic carbocycles. The van der Waals surface area contributed by atoms with Crippen LogP contribution in [0.5, 0.6) is 0 Å². The first kappa shape index (κ1) is 14.9. The monoisotopic (exact) mass is 254 g/mol. The molecule has 2 aliphatic rings. The van der Waals surface area contributed by atoms with Crippen LogP contribution in [0, 0.1) is 17.2 Å². The summed E-state index contributed by atoms with van der Waals surface area (Å²) >= 11 is 0. The van der Waals surface area contributed by atoms with Crippen molar-refractivity contribution in [3.05, 3.63) is 5.82 Å². The molecule has 2 saturated heterocycles. The predicted octanol–water partition coefficient (Wildman–Crippen LogP) is 2.75. The van der Waals surface area contributed by atoms with Gasteiger partial charge < -0.3 is 9.31 Å². The standard InChI is InChI=1S/C12H19BO4.CH4/c1-7-8-12(5,6)10(15)17-13(8,11(2,3)4)16-9(7)14;/h7H,1-6H3;1H4/t7-,13?;/m1./s1. The Balaban J connectivity index is 0.00000162. The van der Waals surface area contributed by atoms with Crippen molar-refractivity contribution in [1.29, 1.82) is 0 Å². The fourth-order valence-electron chi connectivity index (χ4n) is 3.13. The third-order valence-corrected chi connectivity index (χ3v) is 4.16. The van der Waals surface area contributed by atoms with Gasteiger partial charge >= 0.3 is 18.5 Å². The van der Waals surface area contributed by atoms with E-state index in [-0.39, 0.29) is 25.3 Å². The maximum Gasteiger partial charge on any atom is 0.564 e. The van der Waals surface area contributed by atoms with Crippen LogP contribution in [-0.4, -0.2) is 18.5 Å². The van der Waals surface area contributed by atoms with Gasteiger partial charge in [-0.05, 0) is 26.1 Å². The highest BCUT2D eigenvalue weighted by Crippen LogP contribution is 2.61. The van der Waals surface area contributed by atoms with Crippen LogP contribution in [0.4, 0.5) is 0 Å². The molecule has 0 aromatic carbocycles. The number of carbonyl (C=O) groups excluding carboxylic acids is 2. The Labute approximate surface area is 109 Å². The molecule has 2 fully saturated rings. The Kier molecular flexibility index (Phi) is 3.06. The molecular formula is C13H23BO4. The average molecular weight is 254 g/mol. The second-order valence-corrected chi connectivity index (χ2v) is 6.72. The Morgan fingerprint density at radius 3 is 2.11 bits per heavy atom. The molecular weight excluding hydrogens is 231 g/mol. The van der Waals surface area contributed by atoms with Gasteiger partial charge in [-0.15, -0.1) is 0 Å². The summed E-state index contributed by atoms with van der Waals surface area (Å²) in [7, 11) is 0. The molecule has 0 radical (unpaired) electrons. The van der Waals surface area contributed by atoms with Gasteiger partial charge in [0, 0.05) is 5.82 Å². The fourth-order valence-corrected chi connectivity index (χ4v) is 3.13. The largest absolute Gasteiger partial charge is 0.613 e. The molecule has 0 aromatic heterocycles. The molecule has 0 bridgehead atoms. The van der Waals surface area contributed by atoms with Crippen molar-refractivity contribution in [2.75, 3.05) is 0 Å². The second-order valence-electron chi connectivity index (χ2n) is 6.72. The van der Waals surface area contributed by atoms with E-state index < -0.39 is 17.3 Å².